The quantitative estimate of drug-likeness (QED) is 0.908. The monoisotopic (exact) mass is 281 g/mol. The highest BCUT2D eigenvalue weighted by molar-refractivity contribution is 6.31. The van der Waals surface area contributed by atoms with E-state index in [9.17, 15) is 8.78 Å². The van der Waals surface area contributed by atoms with Gasteiger partial charge in [-0.2, -0.15) is 0 Å². The molecule has 0 aliphatic rings. The molecule has 1 nitrogen and oxygen atoms in total. The molecule has 2 aromatic carbocycles. The molecule has 0 aromatic heterocycles. The smallest absolute Gasteiger partial charge is 0.123 e. The fourth-order valence-corrected chi connectivity index (χ4v) is 2.22. The van der Waals surface area contributed by atoms with Gasteiger partial charge in [-0.25, -0.2) is 8.78 Å². The van der Waals surface area contributed by atoms with Crippen LogP contribution in [0.4, 0.5) is 8.78 Å². The van der Waals surface area contributed by atoms with E-state index in [4.69, 9.17) is 17.3 Å². The van der Waals surface area contributed by atoms with E-state index in [0.717, 1.165) is 5.56 Å². The summed E-state index contributed by atoms with van der Waals surface area (Å²) in [4.78, 5) is 0. The van der Waals surface area contributed by atoms with Gasteiger partial charge in [0, 0.05) is 11.1 Å². The Hall–Kier alpha value is -1.45. The van der Waals surface area contributed by atoms with Crippen LogP contribution in [-0.2, 0) is 12.8 Å². The number of halogens is 3. The molecule has 19 heavy (non-hydrogen) atoms. The molecule has 2 N–H and O–H groups in total. The molecule has 0 spiro atoms. The largest absolute Gasteiger partial charge is 0.327 e. The second-order valence-corrected chi connectivity index (χ2v) is 4.94. The maximum Gasteiger partial charge on any atom is 0.123 e. The Kier molecular flexibility index (Phi) is 4.51. The fraction of sp³-hybridized carbons (Fsp3) is 0.200. The van der Waals surface area contributed by atoms with Gasteiger partial charge in [-0.05, 0) is 54.3 Å². The standard InChI is InChI=1S/C15H14ClF2N/c16-15-5-4-13(18)8-11(15)9-14(19)7-10-2-1-3-12(17)6-10/h1-6,8,14H,7,9,19H2. The van der Waals surface area contributed by atoms with E-state index in [-0.39, 0.29) is 17.7 Å². The summed E-state index contributed by atoms with van der Waals surface area (Å²) in [7, 11) is 0. The van der Waals surface area contributed by atoms with Gasteiger partial charge in [0.1, 0.15) is 11.6 Å². The maximum atomic E-state index is 13.1. The summed E-state index contributed by atoms with van der Waals surface area (Å²) in [6.07, 6.45) is 0.970. The first-order chi connectivity index (χ1) is 9.04. The Morgan fingerprint density at radius 2 is 1.74 bits per heavy atom. The zero-order chi connectivity index (χ0) is 13.8. The zero-order valence-electron chi connectivity index (χ0n) is 10.2. The zero-order valence-corrected chi connectivity index (χ0v) is 11.0. The molecular weight excluding hydrogens is 268 g/mol. The normalized spacial score (nSPS) is 12.4. The summed E-state index contributed by atoms with van der Waals surface area (Å²) in [5.74, 6) is -0.620. The summed E-state index contributed by atoms with van der Waals surface area (Å²) in [6.45, 7) is 0. The van der Waals surface area contributed by atoms with Crippen molar-refractivity contribution in [2.75, 3.05) is 0 Å². The number of nitrogens with two attached hydrogens (primary N) is 1. The Bertz CT molecular complexity index is 572. The topological polar surface area (TPSA) is 26.0 Å². The van der Waals surface area contributed by atoms with E-state index in [1.54, 1.807) is 6.07 Å². The van der Waals surface area contributed by atoms with E-state index in [0.29, 0.717) is 23.4 Å². The molecule has 0 saturated carbocycles. The van der Waals surface area contributed by atoms with Gasteiger partial charge < -0.3 is 5.73 Å². The van der Waals surface area contributed by atoms with Crippen LogP contribution in [0.25, 0.3) is 0 Å². The number of rotatable bonds is 4. The van der Waals surface area contributed by atoms with Crippen molar-refractivity contribution < 1.29 is 8.78 Å². The molecule has 0 fully saturated rings. The molecule has 0 aliphatic heterocycles. The second-order valence-electron chi connectivity index (χ2n) is 4.53. The van der Waals surface area contributed by atoms with Gasteiger partial charge in [0.05, 0.1) is 0 Å². The van der Waals surface area contributed by atoms with Crippen molar-refractivity contribution in [3.05, 3.63) is 70.2 Å². The summed E-state index contributed by atoms with van der Waals surface area (Å²) < 4.78 is 26.2. The molecule has 0 aliphatic carbocycles. The lowest BCUT2D eigenvalue weighted by molar-refractivity contribution is 0.612. The molecule has 0 heterocycles. The average molecular weight is 282 g/mol. The van der Waals surface area contributed by atoms with Gasteiger partial charge >= 0.3 is 0 Å². The molecule has 4 heteroatoms. The predicted molar refractivity (Wildman–Crippen MR) is 73.2 cm³/mol. The lowest BCUT2D eigenvalue weighted by atomic mass is 9.99. The lowest BCUT2D eigenvalue weighted by Crippen LogP contribution is -2.25. The summed E-state index contributed by atoms with van der Waals surface area (Å²) in [5, 5.41) is 0.496. The lowest BCUT2D eigenvalue weighted by Gasteiger charge is -2.13. The van der Waals surface area contributed by atoms with Gasteiger partial charge in [-0.15, -0.1) is 0 Å². The van der Waals surface area contributed by atoms with Crippen LogP contribution in [0.5, 0.6) is 0 Å². The molecular formula is C15H14ClF2N. The third-order valence-corrected chi connectivity index (χ3v) is 3.25. The van der Waals surface area contributed by atoms with E-state index < -0.39 is 0 Å². The molecule has 1 unspecified atom stereocenters. The third kappa shape index (κ3) is 4.01. The predicted octanol–water partition coefficient (Wildman–Crippen LogP) is 3.73. The highest BCUT2D eigenvalue weighted by Gasteiger charge is 2.09. The first-order valence-electron chi connectivity index (χ1n) is 5.98. The van der Waals surface area contributed by atoms with Gasteiger partial charge in [0.2, 0.25) is 0 Å². The highest BCUT2D eigenvalue weighted by atomic mass is 35.5. The van der Waals surface area contributed by atoms with Crippen molar-refractivity contribution in [2.45, 2.75) is 18.9 Å². The number of hydrogen-bond acceptors (Lipinski definition) is 1. The van der Waals surface area contributed by atoms with E-state index in [1.165, 1.54) is 30.3 Å². The van der Waals surface area contributed by atoms with E-state index in [2.05, 4.69) is 0 Å². The van der Waals surface area contributed by atoms with Crippen molar-refractivity contribution in [3.8, 4) is 0 Å². The van der Waals surface area contributed by atoms with Gasteiger partial charge in [0.25, 0.3) is 0 Å². The first-order valence-corrected chi connectivity index (χ1v) is 6.36. The Labute approximate surface area is 116 Å². The number of hydrogen-bond donors (Lipinski definition) is 1. The Balaban J connectivity index is 2.05. The Morgan fingerprint density at radius 1 is 1.00 bits per heavy atom. The minimum absolute atomic E-state index is 0.235. The molecule has 1 atom stereocenters. The van der Waals surface area contributed by atoms with Crippen molar-refractivity contribution in [3.63, 3.8) is 0 Å². The van der Waals surface area contributed by atoms with Gasteiger partial charge in [-0.1, -0.05) is 23.7 Å². The Morgan fingerprint density at radius 3 is 2.47 bits per heavy atom. The molecule has 0 amide bonds. The summed E-state index contributed by atoms with van der Waals surface area (Å²) >= 11 is 5.99. The van der Waals surface area contributed by atoms with Crippen LogP contribution in [0.2, 0.25) is 5.02 Å². The maximum absolute atomic E-state index is 13.1. The minimum atomic E-state index is -0.336. The van der Waals surface area contributed by atoms with Crippen LogP contribution in [0.3, 0.4) is 0 Å². The highest BCUT2D eigenvalue weighted by Crippen LogP contribution is 2.19. The first kappa shape index (κ1) is 14.0. The van der Waals surface area contributed by atoms with Gasteiger partial charge in [-0.3, -0.25) is 0 Å². The van der Waals surface area contributed by atoms with Crippen molar-refractivity contribution in [1.29, 1.82) is 0 Å². The third-order valence-electron chi connectivity index (χ3n) is 2.88. The summed E-state index contributed by atoms with van der Waals surface area (Å²) in [6, 6.07) is 10.3. The average Bonchev–Trinajstić information content (AvgIpc) is 2.34. The van der Waals surface area contributed by atoms with Crippen LogP contribution >= 0.6 is 11.6 Å². The molecule has 100 valence electrons. The van der Waals surface area contributed by atoms with Crippen molar-refractivity contribution in [1.82, 2.24) is 0 Å². The van der Waals surface area contributed by atoms with Crippen LogP contribution in [0.15, 0.2) is 42.5 Å². The molecule has 0 radical (unpaired) electrons. The van der Waals surface area contributed by atoms with Crippen molar-refractivity contribution in [2.24, 2.45) is 5.73 Å². The summed E-state index contributed by atoms with van der Waals surface area (Å²) in [5.41, 5.74) is 7.49. The van der Waals surface area contributed by atoms with Gasteiger partial charge in [0.15, 0.2) is 0 Å². The minimum Gasteiger partial charge on any atom is -0.327 e. The van der Waals surface area contributed by atoms with Crippen LogP contribution < -0.4 is 5.73 Å². The van der Waals surface area contributed by atoms with E-state index in [1.807, 2.05) is 6.07 Å². The fourth-order valence-electron chi connectivity index (χ4n) is 2.02. The molecule has 0 saturated heterocycles. The van der Waals surface area contributed by atoms with Crippen LogP contribution in [0.1, 0.15) is 11.1 Å². The molecule has 0 bridgehead atoms. The van der Waals surface area contributed by atoms with E-state index >= 15 is 0 Å². The van der Waals surface area contributed by atoms with Crippen molar-refractivity contribution >= 4 is 11.6 Å². The molecule has 2 aromatic rings. The second kappa shape index (κ2) is 6.13. The number of benzene rings is 2. The van der Waals surface area contributed by atoms with Crippen LogP contribution in [0, 0.1) is 11.6 Å². The SMILES string of the molecule is NC(Cc1cccc(F)c1)Cc1cc(F)ccc1Cl. The molecule has 2 rings (SSSR count). The van der Waals surface area contributed by atoms with Crippen LogP contribution in [-0.4, -0.2) is 6.04 Å².